The molecule has 0 amide bonds. The van der Waals surface area contributed by atoms with Gasteiger partial charge in [-0.3, -0.25) is 9.67 Å². The fourth-order valence-electron chi connectivity index (χ4n) is 2.34. The number of benzene rings is 1. The predicted octanol–water partition coefficient (Wildman–Crippen LogP) is 2.21. The number of aryl methyl sites for hydroxylation is 1. The van der Waals surface area contributed by atoms with E-state index >= 15 is 0 Å². The first-order valence-corrected chi connectivity index (χ1v) is 6.58. The van der Waals surface area contributed by atoms with Gasteiger partial charge in [-0.15, -0.1) is 0 Å². The minimum Gasteiger partial charge on any atom is -0.398 e. The van der Waals surface area contributed by atoms with Crippen molar-refractivity contribution in [1.29, 1.82) is 0 Å². The summed E-state index contributed by atoms with van der Waals surface area (Å²) in [5.74, 6) is 0. The normalized spacial score (nSPS) is 10.8. The van der Waals surface area contributed by atoms with E-state index in [1.54, 1.807) is 6.20 Å². The van der Waals surface area contributed by atoms with Crippen LogP contribution >= 0.6 is 0 Å². The lowest BCUT2D eigenvalue weighted by Crippen LogP contribution is -2.08. The summed E-state index contributed by atoms with van der Waals surface area (Å²) in [6.07, 6.45) is 6.34. The van der Waals surface area contributed by atoms with Gasteiger partial charge in [0, 0.05) is 66.4 Å². The number of rotatable bonds is 4. The van der Waals surface area contributed by atoms with Crippen LogP contribution in [0, 0.1) is 0 Å². The van der Waals surface area contributed by atoms with E-state index < -0.39 is 0 Å². The molecule has 0 aliphatic rings. The van der Waals surface area contributed by atoms with Crippen molar-refractivity contribution in [2.24, 2.45) is 7.05 Å². The van der Waals surface area contributed by atoms with E-state index in [4.69, 9.17) is 5.73 Å². The van der Waals surface area contributed by atoms with E-state index in [1.165, 1.54) is 5.69 Å². The number of nitrogen functional groups attached to an aromatic ring is 1. The van der Waals surface area contributed by atoms with E-state index in [-0.39, 0.29) is 0 Å². The van der Waals surface area contributed by atoms with Crippen molar-refractivity contribution in [3.8, 4) is 0 Å². The highest BCUT2D eigenvalue weighted by atomic mass is 15.3. The molecule has 3 N–H and O–H groups in total. The first kappa shape index (κ1) is 12.5. The van der Waals surface area contributed by atoms with Gasteiger partial charge in [0.15, 0.2) is 0 Å². The fourth-order valence-corrected chi connectivity index (χ4v) is 2.34. The van der Waals surface area contributed by atoms with Crippen LogP contribution in [0.3, 0.4) is 0 Å². The van der Waals surface area contributed by atoms with Gasteiger partial charge in [-0.25, -0.2) is 0 Å². The fraction of sp³-hybridized carbons (Fsp3) is 0.200. The summed E-state index contributed by atoms with van der Waals surface area (Å²) in [6, 6.07) is 7.90. The zero-order valence-electron chi connectivity index (χ0n) is 11.4. The maximum atomic E-state index is 5.98. The van der Waals surface area contributed by atoms with Crippen LogP contribution < -0.4 is 11.1 Å². The van der Waals surface area contributed by atoms with E-state index in [0.717, 1.165) is 35.1 Å². The Morgan fingerprint density at radius 1 is 1.15 bits per heavy atom. The molecule has 0 atom stereocenters. The van der Waals surface area contributed by atoms with Gasteiger partial charge in [0.1, 0.15) is 0 Å². The Kier molecular flexibility index (Phi) is 3.25. The maximum absolute atomic E-state index is 5.98. The van der Waals surface area contributed by atoms with E-state index in [2.05, 4.69) is 15.4 Å². The van der Waals surface area contributed by atoms with Crippen LogP contribution in [0.1, 0.15) is 5.69 Å². The number of nitrogens with zero attached hydrogens (tertiary/aromatic N) is 3. The van der Waals surface area contributed by atoms with Crippen molar-refractivity contribution in [2.75, 3.05) is 17.6 Å². The summed E-state index contributed by atoms with van der Waals surface area (Å²) in [4.78, 5) is 4.18. The minimum absolute atomic E-state index is 0.777. The van der Waals surface area contributed by atoms with Crippen LogP contribution in [-0.4, -0.2) is 21.3 Å². The van der Waals surface area contributed by atoms with Crippen LogP contribution in [-0.2, 0) is 13.5 Å². The van der Waals surface area contributed by atoms with Gasteiger partial charge in [0.05, 0.1) is 0 Å². The molecule has 0 spiro atoms. The lowest BCUT2D eigenvalue weighted by Gasteiger charge is -2.11. The average molecular weight is 267 g/mol. The summed E-state index contributed by atoms with van der Waals surface area (Å²) >= 11 is 0. The molecule has 2 heterocycles. The highest BCUT2D eigenvalue weighted by molar-refractivity contribution is 6.00. The monoisotopic (exact) mass is 267 g/mol. The second-order valence-corrected chi connectivity index (χ2v) is 4.75. The molecule has 0 unspecified atom stereocenters. The average Bonchev–Trinajstić information content (AvgIpc) is 2.87. The first-order valence-electron chi connectivity index (χ1n) is 6.58. The quantitative estimate of drug-likeness (QED) is 0.711. The number of nitrogens with one attached hydrogen (secondary N) is 1. The molecule has 0 aliphatic carbocycles. The van der Waals surface area contributed by atoms with E-state index in [0.29, 0.717) is 0 Å². The molecule has 0 fully saturated rings. The summed E-state index contributed by atoms with van der Waals surface area (Å²) in [5, 5.41) is 9.70. The molecular formula is C15H17N5. The Morgan fingerprint density at radius 2 is 2.05 bits per heavy atom. The number of anilines is 2. The number of fused-ring (bicyclic) bond motifs is 1. The van der Waals surface area contributed by atoms with Crippen molar-refractivity contribution in [3.05, 3.63) is 48.5 Å². The molecule has 5 nitrogen and oxygen atoms in total. The molecule has 102 valence electrons. The summed E-state index contributed by atoms with van der Waals surface area (Å²) < 4.78 is 1.89. The highest BCUT2D eigenvalue weighted by Gasteiger charge is 2.04. The van der Waals surface area contributed by atoms with Crippen molar-refractivity contribution in [2.45, 2.75) is 6.42 Å². The van der Waals surface area contributed by atoms with Crippen LogP contribution in [0.4, 0.5) is 11.4 Å². The molecule has 0 bridgehead atoms. The lowest BCUT2D eigenvalue weighted by molar-refractivity contribution is 0.711. The summed E-state index contributed by atoms with van der Waals surface area (Å²) in [5.41, 5.74) is 9.02. The molecule has 0 saturated heterocycles. The van der Waals surface area contributed by atoms with Gasteiger partial charge in [-0.2, -0.15) is 5.10 Å². The van der Waals surface area contributed by atoms with Gasteiger partial charge in [-0.05, 0) is 24.3 Å². The zero-order valence-corrected chi connectivity index (χ0v) is 11.4. The SMILES string of the molecule is Cn1nccc1CCNc1ccc(N)c2ccncc12. The van der Waals surface area contributed by atoms with E-state index in [9.17, 15) is 0 Å². The van der Waals surface area contributed by atoms with Crippen LogP contribution in [0.25, 0.3) is 10.8 Å². The first-order chi connectivity index (χ1) is 9.75. The number of hydrogen-bond acceptors (Lipinski definition) is 4. The molecule has 1 aromatic carbocycles. The predicted molar refractivity (Wildman–Crippen MR) is 81.6 cm³/mol. The Hall–Kier alpha value is -2.56. The van der Waals surface area contributed by atoms with Crippen LogP contribution in [0.15, 0.2) is 42.9 Å². The molecule has 3 rings (SSSR count). The Labute approximate surface area is 117 Å². The van der Waals surface area contributed by atoms with Crippen LogP contribution in [0.2, 0.25) is 0 Å². The topological polar surface area (TPSA) is 68.8 Å². The number of aromatic nitrogens is 3. The van der Waals surface area contributed by atoms with Gasteiger partial charge in [0.2, 0.25) is 0 Å². The molecule has 5 heteroatoms. The van der Waals surface area contributed by atoms with Gasteiger partial charge in [-0.1, -0.05) is 0 Å². The third-order valence-corrected chi connectivity index (χ3v) is 3.47. The van der Waals surface area contributed by atoms with Gasteiger partial charge in [0.25, 0.3) is 0 Å². The minimum atomic E-state index is 0.777. The highest BCUT2D eigenvalue weighted by Crippen LogP contribution is 2.27. The Balaban J connectivity index is 1.78. The zero-order chi connectivity index (χ0) is 13.9. The maximum Gasteiger partial charge on any atom is 0.0492 e. The Bertz CT molecular complexity index is 732. The second kappa shape index (κ2) is 5.21. The molecule has 0 aliphatic heterocycles. The lowest BCUT2D eigenvalue weighted by atomic mass is 10.1. The number of pyridine rings is 1. The van der Waals surface area contributed by atoms with Gasteiger partial charge < -0.3 is 11.1 Å². The second-order valence-electron chi connectivity index (χ2n) is 4.75. The summed E-state index contributed by atoms with van der Waals surface area (Å²) in [6.45, 7) is 0.841. The summed E-state index contributed by atoms with van der Waals surface area (Å²) in [7, 11) is 1.96. The number of nitrogens with two attached hydrogens (primary N) is 1. The number of hydrogen-bond donors (Lipinski definition) is 2. The van der Waals surface area contributed by atoms with Crippen LogP contribution in [0.5, 0.6) is 0 Å². The van der Waals surface area contributed by atoms with E-state index in [1.807, 2.05) is 48.4 Å². The van der Waals surface area contributed by atoms with Crippen molar-refractivity contribution in [1.82, 2.24) is 14.8 Å². The van der Waals surface area contributed by atoms with Crippen molar-refractivity contribution in [3.63, 3.8) is 0 Å². The molecule has 0 radical (unpaired) electrons. The van der Waals surface area contributed by atoms with Crippen molar-refractivity contribution < 1.29 is 0 Å². The molecule has 0 saturated carbocycles. The smallest absolute Gasteiger partial charge is 0.0492 e. The third kappa shape index (κ3) is 2.30. The van der Waals surface area contributed by atoms with Gasteiger partial charge >= 0.3 is 0 Å². The Morgan fingerprint density at radius 3 is 2.85 bits per heavy atom. The molecule has 20 heavy (non-hydrogen) atoms. The standard InChI is InChI=1S/C15H17N5/c1-20-11(5-9-19-20)4-8-18-15-3-2-14(16)12-6-7-17-10-13(12)15/h2-3,5-7,9-10,18H,4,8,16H2,1H3. The largest absolute Gasteiger partial charge is 0.398 e. The molecular weight excluding hydrogens is 250 g/mol. The molecule has 3 aromatic rings. The van der Waals surface area contributed by atoms with Crippen molar-refractivity contribution >= 4 is 22.1 Å². The third-order valence-electron chi connectivity index (χ3n) is 3.47. The molecule has 2 aromatic heterocycles.